The van der Waals surface area contributed by atoms with Gasteiger partial charge in [-0.1, -0.05) is 30.3 Å². The van der Waals surface area contributed by atoms with Gasteiger partial charge in [-0.15, -0.1) is 0 Å². The minimum absolute atomic E-state index is 0.542. The summed E-state index contributed by atoms with van der Waals surface area (Å²) in [5, 5.41) is 7.53. The molecule has 19 heavy (non-hydrogen) atoms. The summed E-state index contributed by atoms with van der Waals surface area (Å²) >= 11 is 0. The maximum atomic E-state index is 5.43. The SMILES string of the molecule is NN=C1C=C2N=C(c3ccccc3)C=C2C(=NN)C1. The smallest absolute Gasteiger partial charge is 0.0755 e. The third-order valence-corrected chi connectivity index (χ3v) is 3.15. The molecule has 0 saturated heterocycles. The lowest BCUT2D eigenvalue weighted by atomic mass is 9.95. The maximum Gasteiger partial charge on any atom is 0.0755 e. The van der Waals surface area contributed by atoms with Gasteiger partial charge in [-0.25, -0.2) is 4.99 Å². The van der Waals surface area contributed by atoms with Crippen LogP contribution in [-0.4, -0.2) is 17.1 Å². The normalized spacial score (nSPS) is 22.0. The first-order chi connectivity index (χ1) is 9.31. The summed E-state index contributed by atoms with van der Waals surface area (Å²) in [5.41, 5.74) is 5.23. The zero-order chi connectivity index (χ0) is 13.2. The van der Waals surface area contributed by atoms with Gasteiger partial charge >= 0.3 is 0 Å². The van der Waals surface area contributed by atoms with E-state index in [1.54, 1.807) is 0 Å². The number of fused-ring (bicyclic) bond motifs is 1. The Hall–Kier alpha value is -2.69. The molecule has 0 unspecified atom stereocenters. The summed E-state index contributed by atoms with van der Waals surface area (Å²) < 4.78 is 0. The fourth-order valence-corrected chi connectivity index (χ4v) is 2.20. The number of allylic oxidation sites excluding steroid dienone is 3. The second-order valence-corrected chi connectivity index (χ2v) is 4.32. The number of nitrogens with zero attached hydrogens (tertiary/aromatic N) is 3. The molecule has 0 atom stereocenters. The van der Waals surface area contributed by atoms with E-state index >= 15 is 0 Å². The lowest BCUT2D eigenvalue weighted by Crippen LogP contribution is -2.18. The zero-order valence-corrected chi connectivity index (χ0v) is 10.2. The van der Waals surface area contributed by atoms with Crippen molar-refractivity contribution in [2.45, 2.75) is 6.42 Å². The molecule has 0 fully saturated rings. The fraction of sp³-hybridized carbons (Fsp3) is 0.0714. The van der Waals surface area contributed by atoms with Crippen LogP contribution in [-0.2, 0) is 0 Å². The van der Waals surface area contributed by atoms with E-state index in [0.29, 0.717) is 6.42 Å². The van der Waals surface area contributed by atoms with E-state index in [-0.39, 0.29) is 0 Å². The summed E-state index contributed by atoms with van der Waals surface area (Å²) in [6.07, 6.45) is 4.41. The summed E-state index contributed by atoms with van der Waals surface area (Å²) in [4.78, 5) is 4.59. The summed E-state index contributed by atoms with van der Waals surface area (Å²) in [6.45, 7) is 0. The number of nitrogens with two attached hydrogens (primary N) is 2. The highest BCUT2D eigenvalue weighted by Gasteiger charge is 2.25. The van der Waals surface area contributed by atoms with Crippen molar-refractivity contribution >= 4 is 17.1 Å². The number of hydrogen-bond donors (Lipinski definition) is 2. The molecule has 1 aromatic carbocycles. The molecule has 5 nitrogen and oxygen atoms in total. The van der Waals surface area contributed by atoms with Crippen LogP contribution in [0.15, 0.2) is 68.9 Å². The van der Waals surface area contributed by atoms with Gasteiger partial charge in [-0.2, -0.15) is 10.2 Å². The first-order valence-corrected chi connectivity index (χ1v) is 5.93. The zero-order valence-electron chi connectivity index (χ0n) is 10.2. The Bertz CT molecular complexity index is 662. The molecule has 1 aromatic rings. The van der Waals surface area contributed by atoms with E-state index in [2.05, 4.69) is 15.2 Å². The van der Waals surface area contributed by atoms with Crippen molar-refractivity contribution in [3.63, 3.8) is 0 Å². The van der Waals surface area contributed by atoms with Crippen molar-refractivity contribution < 1.29 is 0 Å². The first kappa shape index (κ1) is 11.4. The molecule has 2 aliphatic rings. The monoisotopic (exact) mass is 251 g/mol. The Morgan fingerprint density at radius 2 is 1.79 bits per heavy atom. The first-order valence-electron chi connectivity index (χ1n) is 5.93. The molecule has 0 aromatic heterocycles. The molecule has 0 amide bonds. The van der Waals surface area contributed by atoms with Crippen LogP contribution >= 0.6 is 0 Å². The average molecular weight is 251 g/mol. The van der Waals surface area contributed by atoms with Crippen molar-refractivity contribution in [1.29, 1.82) is 0 Å². The molecule has 0 saturated carbocycles. The van der Waals surface area contributed by atoms with E-state index in [9.17, 15) is 0 Å². The van der Waals surface area contributed by atoms with Crippen LogP contribution in [0, 0.1) is 0 Å². The van der Waals surface area contributed by atoms with E-state index in [4.69, 9.17) is 11.7 Å². The predicted octanol–water partition coefficient (Wildman–Crippen LogP) is 1.33. The van der Waals surface area contributed by atoms with Crippen LogP contribution in [0.4, 0.5) is 0 Å². The second-order valence-electron chi connectivity index (χ2n) is 4.32. The third kappa shape index (κ3) is 1.95. The van der Waals surface area contributed by atoms with Crippen LogP contribution in [0.2, 0.25) is 0 Å². The third-order valence-electron chi connectivity index (χ3n) is 3.15. The minimum atomic E-state index is 0.542. The Morgan fingerprint density at radius 1 is 1.00 bits per heavy atom. The Labute approximate surface area is 110 Å². The van der Waals surface area contributed by atoms with Crippen molar-refractivity contribution in [3.05, 3.63) is 59.3 Å². The molecular weight excluding hydrogens is 238 g/mol. The Morgan fingerprint density at radius 3 is 2.47 bits per heavy atom. The molecule has 5 heteroatoms. The highest BCUT2D eigenvalue weighted by atomic mass is 15.1. The maximum absolute atomic E-state index is 5.43. The number of benzene rings is 1. The average Bonchev–Trinajstić information content (AvgIpc) is 2.91. The van der Waals surface area contributed by atoms with Gasteiger partial charge in [0.15, 0.2) is 0 Å². The van der Waals surface area contributed by atoms with Crippen molar-refractivity contribution in [2.75, 3.05) is 0 Å². The highest BCUT2D eigenvalue weighted by Crippen LogP contribution is 2.28. The standard InChI is InChI=1S/C14H13N5/c15-18-10-6-13-11(14(7-10)19-16)8-12(17-13)9-4-2-1-3-5-9/h1-6,8H,7,15-16H2. The van der Waals surface area contributed by atoms with Gasteiger partial charge in [0.25, 0.3) is 0 Å². The molecule has 3 rings (SSSR count). The van der Waals surface area contributed by atoms with Gasteiger partial charge in [0.05, 0.1) is 22.8 Å². The molecule has 1 aliphatic carbocycles. The molecule has 0 radical (unpaired) electrons. The van der Waals surface area contributed by atoms with Crippen LogP contribution in [0.5, 0.6) is 0 Å². The minimum Gasteiger partial charge on any atom is -0.323 e. The fourth-order valence-electron chi connectivity index (χ4n) is 2.20. The number of hydrogen-bond acceptors (Lipinski definition) is 5. The summed E-state index contributed by atoms with van der Waals surface area (Å²) in [6, 6.07) is 9.98. The van der Waals surface area contributed by atoms with Gasteiger partial charge < -0.3 is 11.7 Å². The van der Waals surface area contributed by atoms with E-state index < -0.39 is 0 Å². The molecule has 0 spiro atoms. The molecule has 1 aliphatic heterocycles. The van der Waals surface area contributed by atoms with Gasteiger partial charge in [-0.3, -0.25) is 0 Å². The number of rotatable bonds is 1. The van der Waals surface area contributed by atoms with Crippen molar-refractivity contribution in [2.24, 2.45) is 26.9 Å². The van der Waals surface area contributed by atoms with Gasteiger partial charge in [0, 0.05) is 17.6 Å². The largest absolute Gasteiger partial charge is 0.323 e. The van der Waals surface area contributed by atoms with Crippen LogP contribution < -0.4 is 11.7 Å². The van der Waals surface area contributed by atoms with Crippen LogP contribution in [0.1, 0.15) is 12.0 Å². The van der Waals surface area contributed by atoms with E-state index in [1.807, 2.05) is 42.5 Å². The number of aliphatic imine (C=N–C) groups is 1. The van der Waals surface area contributed by atoms with Gasteiger partial charge in [-0.05, 0) is 12.2 Å². The van der Waals surface area contributed by atoms with Crippen molar-refractivity contribution in [1.82, 2.24) is 0 Å². The van der Waals surface area contributed by atoms with Gasteiger partial charge in [0.1, 0.15) is 0 Å². The summed E-state index contributed by atoms with van der Waals surface area (Å²) in [7, 11) is 0. The molecular formula is C14H13N5. The lowest BCUT2D eigenvalue weighted by molar-refractivity contribution is 1.18. The van der Waals surface area contributed by atoms with E-state index in [1.165, 1.54) is 0 Å². The van der Waals surface area contributed by atoms with Crippen LogP contribution in [0.3, 0.4) is 0 Å². The molecule has 94 valence electrons. The molecule has 4 N–H and O–H groups in total. The Balaban J connectivity index is 2.08. The predicted molar refractivity (Wildman–Crippen MR) is 77.0 cm³/mol. The molecule has 1 heterocycles. The number of hydrazone groups is 2. The highest BCUT2D eigenvalue weighted by molar-refractivity contribution is 6.27. The van der Waals surface area contributed by atoms with Crippen molar-refractivity contribution in [3.8, 4) is 0 Å². The van der Waals surface area contributed by atoms with Gasteiger partial charge in [0.2, 0.25) is 0 Å². The van der Waals surface area contributed by atoms with E-state index in [0.717, 1.165) is 34.0 Å². The molecule has 0 bridgehead atoms. The Kier molecular flexibility index (Phi) is 2.72. The summed E-state index contributed by atoms with van der Waals surface area (Å²) in [5.74, 6) is 10.8. The van der Waals surface area contributed by atoms with Crippen LogP contribution in [0.25, 0.3) is 0 Å². The lowest BCUT2D eigenvalue weighted by Gasteiger charge is -2.12. The second kappa shape index (κ2) is 4.53. The topological polar surface area (TPSA) is 89.1 Å². The quantitative estimate of drug-likeness (QED) is 0.582.